The Labute approximate surface area is 133 Å². The van der Waals surface area contributed by atoms with Crippen molar-refractivity contribution in [2.75, 3.05) is 0 Å². The highest BCUT2D eigenvalue weighted by molar-refractivity contribution is 5.39. The summed E-state index contributed by atoms with van der Waals surface area (Å²) in [5, 5.41) is 9.55. The second-order valence-electron chi connectivity index (χ2n) is 4.72. The summed E-state index contributed by atoms with van der Waals surface area (Å²) in [7, 11) is 0. The molecule has 0 spiro atoms. The number of nitrogens with one attached hydrogen (secondary N) is 2. The van der Waals surface area contributed by atoms with Crippen LogP contribution in [0.2, 0.25) is 0 Å². The van der Waals surface area contributed by atoms with Crippen molar-refractivity contribution in [3.63, 3.8) is 0 Å². The summed E-state index contributed by atoms with van der Waals surface area (Å²) in [5.41, 5.74) is -1.70. The molecule has 0 radical (unpaired) electrons. The van der Waals surface area contributed by atoms with Crippen LogP contribution in [0.3, 0.4) is 0 Å². The molecular weight excluding hydrogens is 319 g/mol. The van der Waals surface area contributed by atoms with Crippen LogP contribution in [0, 0.1) is 5.82 Å². The van der Waals surface area contributed by atoms with Gasteiger partial charge < -0.3 is 14.6 Å². The van der Waals surface area contributed by atoms with Crippen molar-refractivity contribution in [3.8, 4) is 28.9 Å². The number of aromatic hydroxyl groups is 1. The first-order chi connectivity index (χ1) is 11.5. The highest BCUT2D eigenvalue weighted by Crippen LogP contribution is 2.27. The minimum atomic E-state index is -0.858. The van der Waals surface area contributed by atoms with Crippen molar-refractivity contribution >= 4 is 0 Å². The van der Waals surface area contributed by atoms with Crippen molar-refractivity contribution in [2.45, 2.75) is 0 Å². The Kier molecular flexibility index (Phi) is 4.02. The minimum absolute atomic E-state index is 0.245. The first kappa shape index (κ1) is 15.3. The Balaban J connectivity index is 1.76. The molecule has 0 aliphatic heterocycles. The Morgan fingerprint density at radius 1 is 0.792 bits per heavy atom. The van der Waals surface area contributed by atoms with Gasteiger partial charge in [0.2, 0.25) is 5.88 Å². The third-order valence-electron chi connectivity index (χ3n) is 2.97. The van der Waals surface area contributed by atoms with E-state index in [2.05, 4.69) is 0 Å². The van der Waals surface area contributed by atoms with Crippen LogP contribution in [-0.4, -0.2) is 15.1 Å². The highest BCUT2D eigenvalue weighted by Gasteiger charge is 2.11. The van der Waals surface area contributed by atoms with Crippen LogP contribution < -0.4 is 20.7 Å². The lowest BCUT2D eigenvalue weighted by Gasteiger charge is -2.08. The third-order valence-corrected chi connectivity index (χ3v) is 2.97. The van der Waals surface area contributed by atoms with Gasteiger partial charge in [0.25, 0.3) is 5.75 Å². The van der Waals surface area contributed by atoms with Crippen molar-refractivity contribution in [1.29, 1.82) is 0 Å². The fraction of sp³-hybridized carbons (Fsp3) is 0. The molecule has 1 aromatic heterocycles. The van der Waals surface area contributed by atoms with Crippen LogP contribution in [0.15, 0.2) is 58.1 Å². The van der Waals surface area contributed by atoms with Crippen LogP contribution >= 0.6 is 0 Å². The Bertz CT molecular complexity index is 961. The van der Waals surface area contributed by atoms with Gasteiger partial charge in [-0.25, -0.2) is 9.18 Å². The number of aromatic nitrogens is 2. The fourth-order valence-corrected chi connectivity index (χ4v) is 1.89. The van der Waals surface area contributed by atoms with E-state index in [4.69, 9.17) is 9.47 Å². The largest absolute Gasteiger partial charge is 0.492 e. The molecule has 0 aliphatic carbocycles. The standard InChI is InChI=1S/C16H11FN2O5/c17-9-1-3-10(4-2-9)23-11-5-7-12(8-6-11)24-13-14(20)18-16(22)19-15(13)21/h1-8H,(H3,18,19,20,21,22). The van der Waals surface area contributed by atoms with Gasteiger partial charge in [-0.15, -0.1) is 0 Å². The summed E-state index contributed by atoms with van der Waals surface area (Å²) in [6.45, 7) is 0. The zero-order chi connectivity index (χ0) is 17.1. The van der Waals surface area contributed by atoms with Gasteiger partial charge in [-0.1, -0.05) is 0 Å². The van der Waals surface area contributed by atoms with Crippen molar-refractivity contribution in [2.24, 2.45) is 0 Å². The summed E-state index contributed by atoms with van der Waals surface area (Å²) < 4.78 is 23.6. The van der Waals surface area contributed by atoms with Crippen LogP contribution in [0.5, 0.6) is 28.9 Å². The van der Waals surface area contributed by atoms with Crippen molar-refractivity contribution in [3.05, 3.63) is 75.2 Å². The Morgan fingerprint density at radius 3 is 1.83 bits per heavy atom. The minimum Gasteiger partial charge on any atom is -0.492 e. The molecule has 0 saturated heterocycles. The summed E-state index contributed by atoms with van der Waals surface area (Å²) in [4.78, 5) is 26.5. The van der Waals surface area contributed by atoms with E-state index in [1.165, 1.54) is 36.4 Å². The quantitative estimate of drug-likeness (QED) is 0.682. The monoisotopic (exact) mass is 330 g/mol. The van der Waals surface area contributed by atoms with Gasteiger partial charge in [-0.3, -0.25) is 14.8 Å². The van der Waals surface area contributed by atoms with Gasteiger partial charge in [-0.05, 0) is 48.5 Å². The Hall–Kier alpha value is -3.55. The van der Waals surface area contributed by atoms with E-state index in [1.807, 2.05) is 9.97 Å². The van der Waals surface area contributed by atoms with Gasteiger partial charge in [0.1, 0.15) is 23.1 Å². The summed E-state index contributed by atoms with van der Waals surface area (Å²) >= 11 is 0. The van der Waals surface area contributed by atoms with Gasteiger partial charge in [0.05, 0.1) is 0 Å². The number of hydrogen-bond acceptors (Lipinski definition) is 5. The van der Waals surface area contributed by atoms with E-state index in [-0.39, 0.29) is 11.6 Å². The molecule has 3 aromatic rings. The van der Waals surface area contributed by atoms with E-state index in [9.17, 15) is 19.1 Å². The molecule has 0 fully saturated rings. The van der Waals surface area contributed by atoms with E-state index in [1.54, 1.807) is 12.1 Å². The average molecular weight is 330 g/mol. The molecule has 0 atom stereocenters. The molecule has 0 amide bonds. The maximum Gasteiger partial charge on any atom is 0.328 e. The second-order valence-corrected chi connectivity index (χ2v) is 4.72. The molecular formula is C16H11FN2O5. The van der Waals surface area contributed by atoms with Gasteiger partial charge in [0, 0.05) is 0 Å². The fourth-order valence-electron chi connectivity index (χ4n) is 1.89. The van der Waals surface area contributed by atoms with Crippen molar-refractivity contribution < 1.29 is 19.0 Å². The molecule has 0 bridgehead atoms. The number of halogens is 1. The molecule has 0 aliphatic rings. The summed E-state index contributed by atoms with van der Waals surface area (Å²) in [5.74, 6) is -0.295. The number of rotatable bonds is 4. The number of hydrogen-bond donors (Lipinski definition) is 3. The first-order valence-electron chi connectivity index (χ1n) is 6.78. The average Bonchev–Trinajstić information content (AvgIpc) is 2.54. The van der Waals surface area contributed by atoms with Crippen molar-refractivity contribution in [1.82, 2.24) is 9.97 Å². The van der Waals surface area contributed by atoms with E-state index < -0.39 is 22.9 Å². The zero-order valence-corrected chi connectivity index (χ0v) is 12.1. The second kappa shape index (κ2) is 6.29. The molecule has 3 rings (SSSR count). The van der Waals surface area contributed by atoms with Gasteiger partial charge >= 0.3 is 11.2 Å². The molecule has 8 heteroatoms. The number of aromatic amines is 2. The van der Waals surface area contributed by atoms with Crippen LogP contribution in [0.4, 0.5) is 4.39 Å². The normalized spacial score (nSPS) is 10.4. The summed E-state index contributed by atoms with van der Waals surface area (Å²) in [6.07, 6.45) is 0. The van der Waals surface area contributed by atoms with Crippen LogP contribution in [0.1, 0.15) is 0 Å². The lowest BCUT2D eigenvalue weighted by Crippen LogP contribution is -2.22. The van der Waals surface area contributed by atoms with Gasteiger partial charge in [0.15, 0.2) is 0 Å². The third kappa shape index (κ3) is 3.43. The maximum absolute atomic E-state index is 12.8. The van der Waals surface area contributed by atoms with E-state index in [0.717, 1.165) is 0 Å². The smallest absolute Gasteiger partial charge is 0.328 e. The zero-order valence-electron chi connectivity index (χ0n) is 12.1. The lowest BCUT2D eigenvalue weighted by atomic mass is 10.3. The predicted molar refractivity (Wildman–Crippen MR) is 82.3 cm³/mol. The van der Waals surface area contributed by atoms with E-state index >= 15 is 0 Å². The predicted octanol–water partition coefficient (Wildman–Crippen LogP) is 2.49. The molecule has 1 heterocycles. The van der Waals surface area contributed by atoms with Crippen LogP contribution in [-0.2, 0) is 0 Å². The molecule has 3 N–H and O–H groups in total. The molecule has 0 saturated carbocycles. The maximum atomic E-state index is 12.8. The molecule has 7 nitrogen and oxygen atoms in total. The van der Waals surface area contributed by atoms with E-state index in [0.29, 0.717) is 11.5 Å². The Morgan fingerprint density at radius 2 is 1.29 bits per heavy atom. The SMILES string of the molecule is O=c1[nH]c(O)c(Oc2ccc(Oc3ccc(F)cc3)cc2)c(=O)[nH]1. The highest BCUT2D eigenvalue weighted by atomic mass is 19.1. The first-order valence-corrected chi connectivity index (χ1v) is 6.78. The summed E-state index contributed by atoms with van der Waals surface area (Å²) in [6, 6.07) is 11.7. The topological polar surface area (TPSA) is 104 Å². The molecule has 122 valence electrons. The molecule has 0 unspecified atom stereocenters. The molecule has 2 aromatic carbocycles. The number of H-pyrrole nitrogens is 2. The van der Waals surface area contributed by atoms with Gasteiger partial charge in [-0.2, -0.15) is 0 Å². The van der Waals surface area contributed by atoms with Crippen LogP contribution in [0.25, 0.3) is 0 Å². The molecule has 24 heavy (non-hydrogen) atoms. The number of ether oxygens (including phenoxy) is 2. The number of benzene rings is 2. The lowest BCUT2D eigenvalue weighted by molar-refractivity contribution is 0.387.